The number of allylic oxidation sites excluding steroid dienone is 1. The maximum atomic E-state index is 10.0. The highest BCUT2D eigenvalue weighted by molar-refractivity contribution is 5.61. The second-order valence-electron chi connectivity index (χ2n) is 9.87. The quantitative estimate of drug-likeness (QED) is 0.446. The third kappa shape index (κ3) is 9.71. The zero-order chi connectivity index (χ0) is 22.3. The minimum Gasteiger partial charge on any atom is -1.00 e. The average Bonchev–Trinajstić information content (AvgIpc) is 2.80. The number of hydrogen-bond acceptors (Lipinski definition) is 1. The Morgan fingerprint density at radius 2 is 1.26 bits per heavy atom. The monoisotopic (exact) mass is 508 g/mol. The summed E-state index contributed by atoms with van der Waals surface area (Å²) in [6.45, 7) is 14.8. The SMILES string of the molecule is C.C=C(C)c1cccc(C2CC[NH2+]CC2)c1.CC(C)(O)c1cccc(C2CC[NH2+]CC2)c1.[Cl-].[Cl-]. The van der Waals surface area contributed by atoms with Gasteiger partial charge in [0, 0.05) is 25.7 Å². The number of quaternary nitrogens is 2. The Morgan fingerprint density at radius 1 is 0.824 bits per heavy atom. The van der Waals surface area contributed by atoms with E-state index in [2.05, 4.69) is 66.6 Å². The molecule has 3 nitrogen and oxygen atoms in total. The van der Waals surface area contributed by atoms with E-state index in [1.807, 2.05) is 19.9 Å². The standard InChI is InChI=1S/C14H21NO.C14H19N.CH4.2ClH/c1-14(2,16)13-5-3-4-12(10-13)11-6-8-15-9-7-11;1-11(2)13-4-3-5-14(10-13)12-6-8-15-9-7-12;;;/h3-5,10-11,15-16H,6-9H2,1-2H3;3-5,10,12,15H,1,6-9H2,2H3;1H4;2*1H. The molecule has 2 aromatic carbocycles. The van der Waals surface area contributed by atoms with Crippen molar-refractivity contribution in [2.75, 3.05) is 26.2 Å². The fourth-order valence-electron chi connectivity index (χ4n) is 4.75. The first kappa shape index (κ1) is 32.6. The molecule has 0 amide bonds. The van der Waals surface area contributed by atoms with Gasteiger partial charge < -0.3 is 40.6 Å². The first-order valence-electron chi connectivity index (χ1n) is 12.1. The fraction of sp³-hybridized carbons (Fsp3) is 0.517. The number of hydrogen-bond donors (Lipinski definition) is 3. The van der Waals surface area contributed by atoms with E-state index in [1.54, 1.807) is 0 Å². The van der Waals surface area contributed by atoms with Crippen LogP contribution in [-0.2, 0) is 5.60 Å². The van der Waals surface area contributed by atoms with E-state index in [0.717, 1.165) is 11.5 Å². The molecule has 34 heavy (non-hydrogen) atoms. The summed E-state index contributed by atoms with van der Waals surface area (Å²) in [5.41, 5.74) is 5.66. The second kappa shape index (κ2) is 15.6. The fourth-order valence-corrected chi connectivity index (χ4v) is 4.75. The maximum Gasteiger partial charge on any atom is 0.0840 e. The van der Waals surface area contributed by atoms with E-state index >= 15 is 0 Å². The van der Waals surface area contributed by atoms with Gasteiger partial charge in [0.1, 0.15) is 0 Å². The molecule has 2 heterocycles. The predicted molar refractivity (Wildman–Crippen MR) is 137 cm³/mol. The number of nitrogens with two attached hydrogens (primary N) is 2. The van der Waals surface area contributed by atoms with Crippen LogP contribution in [0.15, 0.2) is 55.1 Å². The predicted octanol–water partition coefficient (Wildman–Crippen LogP) is -1.84. The number of aliphatic hydroxyl groups is 1. The third-order valence-corrected chi connectivity index (χ3v) is 6.79. The molecule has 0 unspecified atom stereocenters. The van der Waals surface area contributed by atoms with Crippen molar-refractivity contribution in [3.8, 4) is 0 Å². The van der Waals surface area contributed by atoms with Crippen molar-refractivity contribution in [3.63, 3.8) is 0 Å². The highest BCUT2D eigenvalue weighted by Gasteiger charge is 2.21. The zero-order valence-electron chi connectivity index (χ0n) is 20.5. The van der Waals surface area contributed by atoms with Crippen LogP contribution in [0.3, 0.4) is 0 Å². The Kier molecular flexibility index (Phi) is 15.0. The van der Waals surface area contributed by atoms with Crippen LogP contribution < -0.4 is 35.4 Å². The van der Waals surface area contributed by atoms with E-state index in [-0.39, 0.29) is 32.2 Å². The molecule has 5 N–H and O–H groups in total. The van der Waals surface area contributed by atoms with E-state index in [0.29, 0.717) is 5.92 Å². The highest BCUT2D eigenvalue weighted by atomic mass is 35.5. The maximum absolute atomic E-state index is 10.0. The summed E-state index contributed by atoms with van der Waals surface area (Å²) in [7, 11) is 0. The van der Waals surface area contributed by atoms with Crippen LogP contribution in [0.4, 0.5) is 0 Å². The smallest absolute Gasteiger partial charge is 0.0840 e. The lowest BCUT2D eigenvalue weighted by atomic mass is 9.87. The minimum atomic E-state index is -0.725. The van der Waals surface area contributed by atoms with Gasteiger partial charge in [-0.05, 0) is 54.9 Å². The van der Waals surface area contributed by atoms with Crippen LogP contribution in [0.5, 0.6) is 0 Å². The summed E-state index contributed by atoms with van der Waals surface area (Å²) >= 11 is 0. The summed E-state index contributed by atoms with van der Waals surface area (Å²) in [6.07, 6.45) is 5.16. The molecule has 0 aliphatic carbocycles. The molecule has 0 saturated carbocycles. The van der Waals surface area contributed by atoms with Gasteiger partial charge in [-0.15, -0.1) is 0 Å². The summed E-state index contributed by atoms with van der Waals surface area (Å²) in [6, 6.07) is 17.4. The number of rotatable bonds is 4. The average molecular weight is 510 g/mol. The first-order chi connectivity index (χ1) is 14.8. The lowest BCUT2D eigenvalue weighted by Crippen LogP contribution is -3.00. The summed E-state index contributed by atoms with van der Waals surface area (Å²) in [4.78, 5) is 0. The van der Waals surface area contributed by atoms with E-state index in [9.17, 15) is 5.11 Å². The lowest BCUT2D eigenvalue weighted by molar-refractivity contribution is -0.663. The molecule has 0 aromatic heterocycles. The molecule has 0 radical (unpaired) electrons. The van der Waals surface area contributed by atoms with Crippen LogP contribution in [0.1, 0.15) is 88.0 Å². The van der Waals surface area contributed by atoms with Crippen molar-refractivity contribution in [1.29, 1.82) is 0 Å². The van der Waals surface area contributed by atoms with Gasteiger partial charge in [0.25, 0.3) is 0 Å². The lowest BCUT2D eigenvalue weighted by Gasteiger charge is -2.23. The molecule has 0 spiro atoms. The molecule has 2 aromatic rings. The Bertz CT molecular complexity index is 851. The second-order valence-corrected chi connectivity index (χ2v) is 9.87. The minimum absolute atomic E-state index is 0. The summed E-state index contributed by atoms with van der Waals surface area (Å²) < 4.78 is 0. The molecule has 5 heteroatoms. The molecular weight excluding hydrogens is 463 g/mol. The van der Waals surface area contributed by atoms with Crippen molar-refractivity contribution >= 4 is 5.57 Å². The van der Waals surface area contributed by atoms with Gasteiger partial charge in [0.15, 0.2) is 0 Å². The van der Waals surface area contributed by atoms with Crippen molar-refractivity contribution in [3.05, 3.63) is 77.4 Å². The van der Waals surface area contributed by atoms with Gasteiger partial charge in [-0.25, -0.2) is 0 Å². The van der Waals surface area contributed by atoms with Gasteiger partial charge in [-0.1, -0.05) is 68.1 Å². The van der Waals surface area contributed by atoms with Crippen LogP contribution >= 0.6 is 0 Å². The first-order valence-corrected chi connectivity index (χ1v) is 12.1. The van der Waals surface area contributed by atoms with Gasteiger partial charge in [-0.2, -0.15) is 0 Å². The van der Waals surface area contributed by atoms with Crippen molar-refractivity contribution in [2.45, 2.75) is 71.3 Å². The largest absolute Gasteiger partial charge is 1.00 e. The molecule has 2 aliphatic rings. The third-order valence-electron chi connectivity index (χ3n) is 6.79. The Balaban J connectivity index is 0.000000590. The van der Waals surface area contributed by atoms with E-state index < -0.39 is 5.60 Å². The molecule has 0 atom stereocenters. The molecule has 192 valence electrons. The molecular formula is C29H46Cl2N2O. The molecule has 2 saturated heterocycles. The normalized spacial score (nSPS) is 16.6. The molecule has 2 aliphatic heterocycles. The number of benzene rings is 2. The summed E-state index contributed by atoms with van der Waals surface area (Å²) in [5, 5.41) is 14.8. The number of piperidine rings is 2. The Morgan fingerprint density at radius 3 is 1.71 bits per heavy atom. The van der Waals surface area contributed by atoms with Crippen LogP contribution in [0.25, 0.3) is 5.57 Å². The van der Waals surface area contributed by atoms with E-state index in [4.69, 9.17) is 0 Å². The van der Waals surface area contributed by atoms with Crippen molar-refractivity contribution in [2.24, 2.45) is 0 Å². The van der Waals surface area contributed by atoms with Crippen molar-refractivity contribution in [1.82, 2.24) is 0 Å². The van der Waals surface area contributed by atoms with Crippen molar-refractivity contribution < 1.29 is 40.6 Å². The Labute approximate surface area is 220 Å². The van der Waals surface area contributed by atoms with E-state index in [1.165, 1.54) is 74.1 Å². The summed E-state index contributed by atoms with van der Waals surface area (Å²) in [5.74, 6) is 1.46. The molecule has 2 fully saturated rings. The Hall–Kier alpha value is -1.36. The molecule has 4 rings (SSSR count). The van der Waals surface area contributed by atoms with Gasteiger partial charge in [-0.3, -0.25) is 0 Å². The van der Waals surface area contributed by atoms with Gasteiger partial charge in [0.2, 0.25) is 0 Å². The topological polar surface area (TPSA) is 53.5 Å². The van der Waals surface area contributed by atoms with Crippen LogP contribution in [0, 0.1) is 0 Å². The van der Waals surface area contributed by atoms with Gasteiger partial charge >= 0.3 is 0 Å². The van der Waals surface area contributed by atoms with Crippen LogP contribution in [0.2, 0.25) is 0 Å². The zero-order valence-corrected chi connectivity index (χ0v) is 22.0. The van der Waals surface area contributed by atoms with Crippen LogP contribution in [-0.4, -0.2) is 31.3 Å². The number of halogens is 2. The van der Waals surface area contributed by atoms with Gasteiger partial charge in [0.05, 0.1) is 31.8 Å². The molecule has 0 bridgehead atoms. The highest BCUT2D eigenvalue weighted by Crippen LogP contribution is 2.28.